The smallest absolute Gasteiger partial charge is 0.316 e. The summed E-state index contributed by atoms with van der Waals surface area (Å²) in [6.07, 6.45) is 5.33. The number of fused-ring (bicyclic) bond motifs is 3. The molecule has 0 aromatic heterocycles. The highest BCUT2D eigenvalue weighted by atomic mass is 35.5. The van der Waals surface area contributed by atoms with Gasteiger partial charge in [-0.2, -0.15) is 0 Å². The summed E-state index contributed by atoms with van der Waals surface area (Å²) in [6, 6.07) is 7.72. The summed E-state index contributed by atoms with van der Waals surface area (Å²) in [5.74, 6) is 0.552. The Labute approximate surface area is 136 Å². The molecule has 22 heavy (non-hydrogen) atoms. The summed E-state index contributed by atoms with van der Waals surface area (Å²) in [5.41, 5.74) is 0.644. The lowest BCUT2D eigenvalue weighted by molar-refractivity contribution is -0.169. The minimum absolute atomic E-state index is 0.0141. The van der Waals surface area contributed by atoms with Crippen molar-refractivity contribution in [1.29, 1.82) is 0 Å². The zero-order valence-electron chi connectivity index (χ0n) is 12.8. The number of halogens is 1. The van der Waals surface area contributed by atoms with E-state index in [1.165, 1.54) is 25.9 Å². The van der Waals surface area contributed by atoms with Gasteiger partial charge in [-0.25, -0.2) is 0 Å². The molecule has 1 aromatic carbocycles. The molecule has 3 saturated heterocycles. The van der Waals surface area contributed by atoms with Gasteiger partial charge >= 0.3 is 5.97 Å². The zero-order chi connectivity index (χ0) is 15.2. The molecule has 1 atom stereocenters. The molecule has 4 heteroatoms. The van der Waals surface area contributed by atoms with Crippen LogP contribution in [0.3, 0.4) is 0 Å². The third-order valence-electron chi connectivity index (χ3n) is 5.85. The maximum Gasteiger partial charge on any atom is 0.316 e. The largest absolute Gasteiger partial charge is 0.460 e. The van der Waals surface area contributed by atoms with E-state index in [0.29, 0.717) is 10.9 Å². The topological polar surface area (TPSA) is 29.5 Å². The van der Waals surface area contributed by atoms with Gasteiger partial charge < -0.3 is 4.74 Å². The highest BCUT2D eigenvalue weighted by molar-refractivity contribution is 6.30. The first-order chi connectivity index (χ1) is 10.7. The van der Waals surface area contributed by atoms with Crippen LogP contribution in [0.15, 0.2) is 24.3 Å². The van der Waals surface area contributed by atoms with Gasteiger partial charge in [-0.15, -0.1) is 0 Å². The molecule has 0 spiro atoms. The first-order valence-corrected chi connectivity index (χ1v) is 8.75. The molecule has 0 radical (unpaired) electrons. The molecule has 1 unspecified atom stereocenters. The summed E-state index contributed by atoms with van der Waals surface area (Å²) in [7, 11) is 0. The summed E-state index contributed by atoms with van der Waals surface area (Å²) >= 11 is 5.98. The highest BCUT2D eigenvalue weighted by Crippen LogP contribution is 2.46. The SMILES string of the molecule is O=C(OC1CN2CCC1CC2)C1(c2ccc(Cl)cc2)CCC1. The van der Waals surface area contributed by atoms with Crippen LogP contribution < -0.4 is 0 Å². The van der Waals surface area contributed by atoms with Gasteiger partial charge in [0, 0.05) is 11.6 Å². The Kier molecular flexibility index (Phi) is 3.66. The molecule has 1 aromatic rings. The van der Waals surface area contributed by atoms with Gasteiger partial charge in [-0.3, -0.25) is 9.69 Å². The lowest BCUT2D eigenvalue weighted by atomic mass is 9.64. The van der Waals surface area contributed by atoms with E-state index in [-0.39, 0.29) is 12.1 Å². The molecule has 4 fully saturated rings. The molecule has 118 valence electrons. The van der Waals surface area contributed by atoms with Crippen molar-refractivity contribution in [1.82, 2.24) is 4.90 Å². The molecule has 0 amide bonds. The highest BCUT2D eigenvalue weighted by Gasteiger charge is 2.49. The van der Waals surface area contributed by atoms with Crippen LogP contribution in [-0.2, 0) is 14.9 Å². The first kappa shape index (κ1) is 14.5. The lowest BCUT2D eigenvalue weighted by Crippen LogP contribution is -2.54. The summed E-state index contributed by atoms with van der Waals surface area (Å²) < 4.78 is 6.00. The molecule has 1 aliphatic carbocycles. The third kappa shape index (κ3) is 2.35. The second-order valence-corrected chi connectivity index (χ2v) is 7.46. The zero-order valence-corrected chi connectivity index (χ0v) is 13.5. The van der Waals surface area contributed by atoms with E-state index >= 15 is 0 Å². The lowest BCUT2D eigenvalue weighted by Gasteiger charge is -2.46. The number of benzene rings is 1. The number of rotatable bonds is 3. The van der Waals surface area contributed by atoms with E-state index in [1.54, 1.807) is 0 Å². The third-order valence-corrected chi connectivity index (χ3v) is 6.10. The average Bonchev–Trinajstić information content (AvgIpc) is 2.49. The summed E-state index contributed by atoms with van der Waals surface area (Å²) in [5, 5.41) is 0.712. The van der Waals surface area contributed by atoms with Crippen LogP contribution in [0.5, 0.6) is 0 Å². The molecule has 3 nitrogen and oxygen atoms in total. The average molecular weight is 320 g/mol. The predicted octanol–water partition coefficient (Wildman–Crippen LogP) is 3.40. The Hall–Kier alpha value is -1.06. The van der Waals surface area contributed by atoms with E-state index in [0.717, 1.165) is 31.4 Å². The minimum atomic E-state index is -0.420. The van der Waals surface area contributed by atoms with Crippen molar-refractivity contribution in [2.75, 3.05) is 19.6 Å². The Bertz CT molecular complexity index is 559. The monoisotopic (exact) mass is 319 g/mol. The fraction of sp³-hybridized carbons (Fsp3) is 0.611. The normalized spacial score (nSPS) is 32.3. The fourth-order valence-electron chi connectivity index (χ4n) is 4.20. The number of hydrogen-bond acceptors (Lipinski definition) is 3. The number of hydrogen-bond donors (Lipinski definition) is 0. The van der Waals surface area contributed by atoms with Gasteiger partial charge in [-0.05, 0) is 62.4 Å². The number of carbonyl (C=O) groups excluding carboxylic acids is 1. The van der Waals surface area contributed by atoms with Crippen LogP contribution >= 0.6 is 11.6 Å². The maximum atomic E-state index is 12.9. The number of nitrogens with zero attached hydrogens (tertiary/aromatic N) is 1. The van der Waals surface area contributed by atoms with E-state index in [9.17, 15) is 4.79 Å². The van der Waals surface area contributed by atoms with Gasteiger partial charge in [0.15, 0.2) is 0 Å². The van der Waals surface area contributed by atoms with Gasteiger partial charge in [0.2, 0.25) is 0 Å². The Morgan fingerprint density at radius 3 is 2.36 bits per heavy atom. The van der Waals surface area contributed by atoms with Gasteiger partial charge in [0.25, 0.3) is 0 Å². The standard InChI is InChI=1S/C18H22ClNO2/c19-15-4-2-14(3-5-15)18(8-1-9-18)17(21)22-16-12-20-10-6-13(16)7-11-20/h2-5,13,16H,1,6-12H2. The number of piperidine rings is 3. The minimum Gasteiger partial charge on any atom is -0.460 e. The van der Waals surface area contributed by atoms with E-state index < -0.39 is 5.41 Å². The molecule has 3 aliphatic heterocycles. The van der Waals surface area contributed by atoms with E-state index in [1.807, 2.05) is 24.3 Å². The van der Waals surface area contributed by atoms with Gasteiger partial charge in [0.1, 0.15) is 6.10 Å². The van der Waals surface area contributed by atoms with Crippen LogP contribution in [0.1, 0.15) is 37.7 Å². The van der Waals surface area contributed by atoms with Crippen LogP contribution in [0.2, 0.25) is 5.02 Å². The Morgan fingerprint density at radius 1 is 1.18 bits per heavy atom. The Morgan fingerprint density at radius 2 is 1.86 bits per heavy atom. The molecule has 2 bridgehead atoms. The number of esters is 1. The molecule has 1 saturated carbocycles. The molecular formula is C18H22ClNO2. The van der Waals surface area contributed by atoms with Crippen LogP contribution in [-0.4, -0.2) is 36.6 Å². The van der Waals surface area contributed by atoms with Crippen molar-refractivity contribution in [2.24, 2.45) is 5.92 Å². The summed E-state index contributed by atoms with van der Waals surface area (Å²) in [6.45, 7) is 3.26. The van der Waals surface area contributed by atoms with E-state index in [2.05, 4.69) is 4.90 Å². The van der Waals surface area contributed by atoms with Crippen molar-refractivity contribution in [2.45, 2.75) is 43.6 Å². The molecule has 3 heterocycles. The summed E-state index contributed by atoms with van der Waals surface area (Å²) in [4.78, 5) is 15.3. The number of carbonyl (C=O) groups is 1. The predicted molar refractivity (Wildman–Crippen MR) is 86.0 cm³/mol. The van der Waals surface area contributed by atoms with Crippen LogP contribution in [0, 0.1) is 5.92 Å². The Balaban J connectivity index is 1.51. The molecule has 0 N–H and O–H groups in total. The van der Waals surface area contributed by atoms with Gasteiger partial charge in [-0.1, -0.05) is 30.2 Å². The fourth-order valence-corrected chi connectivity index (χ4v) is 4.33. The van der Waals surface area contributed by atoms with Crippen molar-refractivity contribution >= 4 is 17.6 Å². The molecule has 5 rings (SSSR count). The van der Waals surface area contributed by atoms with Crippen LogP contribution in [0.25, 0.3) is 0 Å². The molecular weight excluding hydrogens is 298 g/mol. The quantitative estimate of drug-likeness (QED) is 0.800. The molecule has 4 aliphatic rings. The maximum absolute atomic E-state index is 12.9. The van der Waals surface area contributed by atoms with Crippen molar-refractivity contribution in [3.8, 4) is 0 Å². The van der Waals surface area contributed by atoms with Crippen molar-refractivity contribution in [3.63, 3.8) is 0 Å². The second kappa shape index (κ2) is 5.54. The van der Waals surface area contributed by atoms with Crippen molar-refractivity contribution in [3.05, 3.63) is 34.9 Å². The van der Waals surface area contributed by atoms with Crippen LogP contribution in [0.4, 0.5) is 0 Å². The van der Waals surface area contributed by atoms with Crippen molar-refractivity contribution < 1.29 is 9.53 Å². The second-order valence-electron chi connectivity index (χ2n) is 7.02. The van der Waals surface area contributed by atoms with E-state index in [4.69, 9.17) is 16.3 Å². The van der Waals surface area contributed by atoms with Gasteiger partial charge in [0.05, 0.1) is 5.41 Å². The number of ether oxygens (including phenoxy) is 1. The first-order valence-electron chi connectivity index (χ1n) is 8.37.